The summed E-state index contributed by atoms with van der Waals surface area (Å²) >= 11 is 5.18. The molecule has 0 atom stereocenters. The molecule has 0 radical (unpaired) electrons. The van der Waals surface area contributed by atoms with Gasteiger partial charge in [-0.1, -0.05) is 0 Å². The van der Waals surface area contributed by atoms with Gasteiger partial charge in [0, 0.05) is 0 Å². The van der Waals surface area contributed by atoms with E-state index in [0.29, 0.717) is 0 Å². The Hall–Kier alpha value is 0.0774. The van der Waals surface area contributed by atoms with Crippen LogP contribution < -0.4 is 18.9 Å². The van der Waals surface area contributed by atoms with Gasteiger partial charge in [0.15, 0.2) is 0 Å². The largest absolute Gasteiger partial charge is 1.00 e. The van der Waals surface area contributed by atoms with E-state index in [0.717, 1.165) is 12.3 Å². The van der Waals surface area contributed by atoms with Gasteiger partial charge in [-0.3, -0.25) is 0 Å². The van der Waals surface area contributed by atoms with Crippen molar-refractivity contribution in [2.24, 2.45) is 0 Å². The molecule has 0 aliphatic carbocycles. The van der Waals surface area contributed by atoms with E-state index in [2.05, 4.69) is 4.42 Å². The zero-order valence-corrected chi connectivity index (χ0v) is 7.15. The van der Waals surface area contributed by atoms with E-state index >= 15 is 0 Å². The number of hydrogen-bond acceptors (Lipinski definition) is 4. The van der Waals surface area contributed by atoms with Gasteiger partial charge in [-0.2, -0.15) is 0 Å². The molecule has 56 valence electrons. The summed E-state index contributed by atoms with van der Waals surface area (Å²) in [6.07, 6.45) is 1.03. The van der Waals surface area contributed by atoms with Crippen LogP contribution >= 0.6 is 11.6 Å². The van der Waals surface area contributed by atoms with Gasteiger partial charge in [0.1, 0.15) is 15.0 Å². The normalized spacial score (nSPS) is 10.7. The molecule has 0 aliphatic heterocycles. The molecule has 0 saturated heterocycles. The number of hydrogen-bond donors (Lipinski definition) is 0. The van der Waals surface area contributed by atoms with Crippen LogP contribution in [0.1, 0.15) is 0 Å². The van der Waals surface area contributed by atoms with E-state index in [4.69, 9.17) is 11.6 Å². The summed E-state index contributed by atoms with van der Waals surface area (Å²) in [5.74, 6) is 0. The Morgan fingerprint density at radius 2 is 2.09 bits per heavy atom. The molecule has 11 heavy (non-hydrogen) atoms. The average Bonchev–Trinajstić information content (AvgIpc) is 2.11. The number of halogens is 1. The number of furan rings is 1. The van der Waals surface area contributed by atoms with Crippen LogP contribution in [0.25, 0.3) is 0 Å². The Labute approximate surface area is 80.5 Å². The molecule has 1 aromatic heterocycles. The van der Waals surface area contributed by atoms with Crippen LogP contribution in [0.3, 0.4) is 0 Å². The quantitative estimate of drug-likeness (QED) is 0.372. The molecule has 0 unspecified atom stereocenters. The van der Waals surface area contributed by atoms with Crippen molar-refractivity contribution >= 4 is 21.7 Å². The summed E-state index contributed by atoms with van der Waals surface area (Å²) < 4.78 is 35.0. The van der Waals surface area contributed by atoms with Crippen molar-refractivity contribution in [1.29, 1.82) is 0 Å². The predicted molar refractivity (Wildman–Crippen MR) is 31.7 cm³/mol. The van der Waals surface area contributed by atoms with Gasteiger partial charge in [0.05, 0.1) is 6.26 Å². The van der Waals surface area contributed by atoms with E-state index in [9.17, 15) is 13.0 Å². The van der Waals surface area contributed by atoms with Crippen molar-refractivity contribution in [2.45, 2.75) is 4.90 Å². The van der Waals surface area contributed by atoms with Crippen molar-refractivity contribution < 1.29 is 36.2 Å². The van der Waals surface area contributed by atoms with Gasteiger partial charge in [-0.05, 0) is 17.7 Å². The van der Waals surface area contributed by atoms with Crippen LogP contribution in [-0.4, -0.2) is 13.0 Å². The standard InChI is InChI=1S/C4H3ClO4S.Li/c5-4-3(1-2-9-4)10(6,7)8;/h1-2H,(H,6,7,8);/q;+1/p-1. The van der Waals surface area contributed by atoms with Crippen LogP contribution in [0.4, 0.5) is 0 Å². The first-order valence-electron chi connectivity index (χ1n) is 2.20. The molecular formula is C4H2ClLiO4S. The summed E-state index contributed by atoms with van der Waals surface area (Å²) in [5, 5.41) is -0.394. The van der Waals surface area contributed by atoms with Crippen LogP contribution in [0, 0.1) is 0 Å². The van der Waals surface area contributed by atoms with E-state index in [1.54, 1.807) is 0 Å². The summed E-state index contributed by atoms with van der Waals surface area (Å²) in [4.78, 5) is -0.519. The second-order valence-corrected chi connectivity index (χ2v) is 3.20. The van der Waals surface area contributed by atoms with Crippen LogP contribution in [-0.2, 0) is 10.1 Å². The SMILES string of the molecule is O=S(=O)([O-])c1ccoc1Cl.[Li+]. The molecule has 1 aromatic rings. The Kier molecular flexibility index (Phi) is 3.68. The summed E-state index contributed by atoms with van der Waals surface area (Å²) in [6.45, 7) is 0. The van der Waals surface area contributed by atoms with Gasteiger partial charge in [0.2, 0.25) is 5.22 Å². The maximum absolute atomic E-state index is 10.2. The fourth-order valence-corrected chi connectivity index (χ4v) is 1.33. The van der Waals surface area contributed by atoms with E-state index in [-0.39, 0.29) is 18.9 Å². The molecule has 0 N–H and O–H groups in total. The molecule has 0 saturated carbocycles. The average molecular weight is 189 g/mol. The van der Waals surface area contributed by atoms with Gasteiger partial charge in [-0.15, -0.1) is 0 Å². The molecule has 0 spiro atoms. The molecule has 0 aliphatic rings. The molecule has 1 heterocycles. The molecule has 7 heteroatoms. The fraction of sp³-hybridized carbons (Fsp3) is 0. The van der Waals surface area contributed by atoms with E-state index < -0.39 is 20.2 Å². The van der Waals surface area contributed by atoms with Crippen LogP contribution in [0.15, 0.2) is 21.6 Å². The first-order valence-corrected chi connectivity index (χ1v) is 3.99. The third-order valence-electron chi connectivity index (χ3n) is 0.854. The summed E-state index contributed by atoms with van der Waals surface area (Å²) in [6, 6.07) is 1.00. The van der Waals surface area contributed by atoms with Crippen LogP contribution in [0.5, 0.6) is 0 Å². The first kappa shape index (κ1) is 11.1. The Bertz CT molecular complexity index is 330. The van der Waals surface area contributed by atoms with E-state index in [1.165, 1.54) is 0 Å². The smallest absolute Gasteiger partial charge is 0.744 e. The van der Waals surface area contributed by atoms with Crippen molar-refractivity contribution in [3.63, 3.8) is 0 Å². The minimum absolute atomic E-state index is 0. The minimum atomic E-state index is -4.47. The van der Waals surface area contributed by atoms with Gasteiger partial charge in [0.25, 0.3) is 0 Å². The zero-order valence-electron chi connectivity index (χ0n) is 5.57. The van der Waals surface area contributed by atoms with Gasteiger partial charge in [-0.25, -0.2) is 8.42 Å². The molecule has 0 fully saturated rings. The van der Waals surface area contributed by atoms with Crippen molar-refractivity contribution in [2.75, 3.05) is 0 Å². The summed E-state index contributed by atoms with van der Waals surface area (Å²) in [5.41, 5.74) is 0. The number of rotatable bonds is 1. The van der Waals surface area contributed by atoms with Gasteiger partial charge < -0.3 is 8.97 Å². The third-order valence-corrected chi connectivity index (χ3v) is 2.12. The summed E-state index contributed by atoms with van der Waals surface area (Å²) in [7, 11) is -4.47. The van der Waals surface area contributed by atoms with Gasteiger partial charge >= 0.3 is 18.9 Å². The molecule has 0 amide bonds. The topological polar surface area (TPSA) is 70.3 Å². The fourth-order valence-electron chi connectivity index (χ4n) is 0.461. The maximum atomic E-state index is 10.2. The monoisotopic (exact) mass is 188 g/mol. The molecule has 0 aromatic carbocycles. The van der Waals surface area contributed by atoms with Crippen molar-refractivity contribution in [3.05, 3.63) is 17.5 Å². The zero-order chi connectivity index (χ0) is 7.78. The Morgan fingerprint density at radius 1 is 1.55 bits per heavy atom. The second kappa shape index (κ2) is 3.65. The second-order valence-electron chi connectivity index (χ2n) is 1.51. The Morgan fingerprint density at radius 3 is 2.27 bits per heavy atom. The minimum Gasteiger partial charge on any atom is -0.744 e. The van der Waals surface area contributed by atoms with E-state index in [1.807, 2.05) is 0 Å². The predicted octanol–water partition coefficient (Wildman–Crippen LogP) is -2.16. The van der Waals surface area contributed by atoms with Crippen molar-refractivity contribution in [1.82, 2.24) is 0 Å². The first-order chi connectivity index (χ1) is 4.52. The molecule has 1 rings (SSSR count). The molecule has 0 bridgehead atoms. The van der Waals surface area contributed by atoms with Crippen molar-refractivity contribution in [3.8, 4) is 0 Å². The maximum Gasteiger partial charge on any atom is 1.00 e. The molecule has 4 nitrogen and oxygen atoms in total. The molecular weight excluding hydrogens is 187 g/mol. The third kappa shape index (κ3) is 2.54. The van der Waals surface area contributed by atoms with Crippen LogP contribution in [0.2, 0.25) is 5.22 Å². The Balaban J connectivity index is 0.000001000.